The number of imide groups is 1. The molecule has 3 saturated heterocycles. The highest BCUT2D eigenvalue weighted by Crippen LogP contribution is 2.32. The Morgan fingerprint density at radius 1 is 0.857 bits per heavy atom. The summed E-state index contributed by atoms with van der Waals surface area (Å²) in [5, 5.41) is 8.37. The average Bonchev–Trinajstić information content (AvgIpc) is 3.80. The van der Waals surface area contributed by atoms with E-state index >= 15 is 8.78 Å². The number of fused-ring (bicyclic) bond motifs is 2. The molecule has 3 amide bonds. The van der Waals surface area contributed by atoms with Crippen LogP contribution in [-0.2, 0) is 32.1 Å². The fraction of sp³-hybridized carbons (Fsp3) is 0.396. The summed E-state index contributed by atoms with van der Waals surface area (Å²) in [5.74, 6) is -1.76. The number of morpholine rings is 1. The summed E-state index contributed by atoms with van der Waals surface area (Å²) in [6.07, 6.45) is 14.3. The van der Waals surface area contributed by atoms with Gasteiger partial charge in [-0.2, -0.15) is 5.10 Å². The Labute approximate surface area is 363 Å². The van der Waals surface area contributed by atoms with Crippen molar-refractivity contribution in [3.05, 3.63) is 112 Å². The van der Waals surface area contributed by atoms with Crippen LogP contribution in [0.2, 0.25) is 0 Å². The van der Waals surface area contributed by atoms with Crippen LogP contribution in [0.3, 0.4) is 0 Å². The molecule has 3 aromatic heterocycles. The van der Waals surface area contributed by atoms with Gasteiger partial charge in [0, 0.05) is 80.0 Å². The molecule has 9 rings (SSSR count). The molecule has 0 bridgehead atoms. The minimum Gasteiger partial charge on any atom is -0.379 e. The average molecular weight is 857 g/mol. The van der Waals surface area contributed by atoms with Crippen molar-refractivity contribution in [3.8, 4) is 22.4 Å². The van der Waals surface area contributed by atoms with E-state index in [0.717, 1.165) is 61.5 Å². The van der Waals surface area contributed by atoms with Crippen molar-refractivity contribution in [2.45, 2.75) is 82.8 Å². The third-order valence-electron chi connectivity index (χ3n) is 12.7. The van der Waals surface area contributed by atoms with Crippen LogP contribution in [0, 0.1) is 11.6 Å². The van der Waals surface area contributed by atoms with Crippen molar-refractivity contribution in [3.63, 3.8) is 0 Å². The molecule has 1 atom stereocenters. The third-order valence-corrected chi connectivity index (χ3v) is 12.7. The molecule has 1 N–H and O–H groups in total. The van der Waals surface area contributed by atoms with Crippen molar-refractivity contribution in [2.75, 3.05) is 39.4 Å². The van der Waals surface area contributed by atoms with E-state index in [9.17, 15) is 19.2 Å². The van der Waals surface area contributed by atoms with E-state index in [-0.39, 0.29) is 41.9 Å². The molecule has 63 heavy (non-hydrogen) atoms. The van der Waals surface area contributed by atoms with Crippen molar-refractivity contribution in [1.82, 2.24) is 39.4 Å². The molecule has 1 unspecified atom stereocenters. The SMILES string of the molecule is O=C1CCC(n2ccc3cc(CCCCCCC(=O)N4CCC(n5cc(-c6cnc7cccc(-c8cc(F)c(CN9CCOCC9)c(F)c8)c7n6)cn5)CC4)ccc3c2=O)C(=O)N1. The monoisotopic (exact) mass is 856 g/mol. The number of amides is 3. The van der Waals surface area contributed by atoms with Crippen LogP contribution in [0.15, 0.2) is 84.2 Å². The lowest BCUT2D eigenvalue weighted by Crippen LogP contribution is -2.44. The first-order valence-corrected chi connectivity index (χ1v) is 22.0. The first-order chi connectivity index (χ1) is 30.7. The first kappa shape index (κ1) is 42.1. The van der Waals surface area contributed by atoms with Gasteiger partial charge in [0.05, 0.1) is 48.4 Å². The van der Waals surface area contributed by atoms with Crippen LogP contribution in [0.1, 0.15) is 81.0 Å². The largest absolute Gasteiger partial charge is 0.379 e. The minimum absolute atomic E-state index is 0.0475. The maximum Gasteiger partial charge on any atom is 0.259 e. The summed E-state index contributed by atoms with van der Waals surface area (Å²) < 4.78 is 39.5. The van der Waals surface area contributed by atoms with Crippen LogP contribution >= 0.6 is 0 Å². The number of aryl methyl sites for hydroxylation is 1. The second kappa shape index (κ2) is 18.7. The minimum atomic E-state index is -0.683. The summed E-state index contributed by atoms with van der Waals surface area (Å²) in [6, 6.07) is 15.3. The Morgan fingerprint density at radius 2 is 1.65 bits per heavy atom. The maximum atomic E-state index is 15.4. The highest BCUT2D eigenvalue weighted by molar-refractivity contribution is 5.99. The molecule has 6 heterocycles. The Kier molecular flexibility index (Phi) is 12.5. The summed E-state index contributed by atoms with van der Waals surface area (Å²) in [5.41, 5.74) is 4.49. The number of para-hydroxylation sites is 1. The number of pyridine rings is 1. The van der Waals surface area contributed by atoms with E-state index in [1.54, 1.807) is 24.7 Å². The van der Waals surface area contributed by atoms with E-state index in [2.05, 4.69) is 15.4 Å². The number of carbonyl (C=O) groups is 3. The molecule has 15 heteroatoms. The predicted molar refractivity (Wildman–Crippen MR) is 233 cm³/mol. The van der Waals surface area contributed by atoms with E-state index in [1.165, 1.54) is 16.7 Å². The number of hydrogen-bond donors (Lipinski definition) is 1. The van der Waals surface area contributed by atoms with E-state index in [1.807, 2.05) is 57.1 Å². The number of nitrogens with zero attached hydrogens (tertiary/aromatic N) is 7. The highest BCUT2D eigenvalue weighted by Gasteiger charge is 2.29. The van der Waals surface area contributed by atoms with Gasteiger partial charge in [-0.1, -0.05) is 37.1 Å². The van der Waals surface area contributed by atoms with Gasteiger partial charge in [-0.3, -0.25) is 39.1 Å². The zero-order valence-corrected chi connectivity index (χ0v) is 35.1. The lowest BCUT2D eigenvalue weighted by atomic mass is 10.0. The van der Waals surface area contributed by atoms with E-state index in [4.69, 9.17) is 9.72 Å². The number of halogens is 2. The molecule has 6 aromatic rings. The summed E-state index contributed by atoms with van der Waals surface area (Å²) in [6.45, 7) is 3.87. The zero-order valence-electron chi connectivity index (χ0n) is 35.1. The Hall–Kier alpha value is -6.19. The van der Waals surface area contributed by atoms with Gasteiger partial charge in [0.1, 0.15) is 17.7 Å². The number of nitrogens with one attached hydrogen (secondary N) is 1. The molecule has 0 saturated carbocycles. The molecule has 0 spiro atoms. The van der Waals surface area contributed by atoms with E-state index < -0.39 is 23.6 Å². The molecule has 3 fully saturated rings. The van der Waals surface area contributed by atoms with Crippen molar-refractivity contribution >= 4 is 39.5 Å². The predicted octanol–water partition coefficient (Wildman–Crippen LogP) is 6.92. The van der Waals surface area contributed by atoms with Gasteiger partial charge in [0.25, 0.3) is 5.56 Å². The number of hydrogen-bond acceptors (Lipinski definition) is 9. The summed E-state index contributed by atoms with van der Waals surface area (Å²) >= 11 is 0. The topological polar surface area (TPSA) is 145 Å². The van der Waals surface area contributed by atoms with Gasteiger partial charge >= 0.3 is 0 Å². The fourth-order valence-electron chi connectivity index (χ4n) is 9.13. The molecule has 0 radical (unpaired) electrons. The van der Waals surface area contributed by atoms with Crippen molar-refractivity contribution < 1.29 is 27.9 Å². The molecule has 326 valence electrons. The lowest BCUT2D eigenvalue weighted by Gasteiger charge is -2.32. The molecule has 13 nitrogen and oxygen atoms in total. The Balaban J connectivity index is 0.741. The van der Waals surface area contributed by atoms with E-state index in [0.29, 0.717) is 85.5 Å². The van der Waals surface area contributed by atoms with Gasteiger partial charge < -0.3 is 14.2 Å². The number of aromatic nitrogens is 5. The number of benzene rings is 3. The maximum absolute atomic E-state index is 15.4. The van der Waals surface area contributed by atoms with Crippen LogP contribution in [0.25, 0.3) is 44.2 Å². The third kappa shape index (κ3) is 9.30. The first-order valence-electron chi connectivity index (χ1n) is 22.0. The summed E-state index contributed by atoms with van der Waals surface area (Å²) in [7, 11) is 0. The number of rotatable bonds is 13. The van der Waals surface area contributed by atoms with Crippen LogP contribution < -0.4 is 10.9 Å². The number of unbranched alkanes of at least 4 members (excludes halogenated alkanes) is 3. The Morgan fingerprint density at radius 3 is 2.44 bits per heavy atom. The smallest absolute Gasteiger partial charge is 0.259 e. The van der Waals surface area contributed by atoms with Gasteiger partial charge in [0.15, 0.2) is 0 Å². The number of likely N-dealkylation sites (tertiary alicyclic amines) is 1. The highest BCUT2D eigenvalue weighted by atomic mass is 19.1. The lowest BCUT2D eigenvalue weighted by molar-refractivity contribution is -0.136. The van der Waals surface area contributed by atoms with Gasteiger partial charge in [-0.25, -0.2) is 13.8 Å². The molecule has 3 aliphatic heterocycles. The number of piperidine rings is 2. The molecule has 3 aliphatic rings. The fourth-order valence-corrected chi connectivity index (χ4v) is 9.13. The van der Waals surface area contributed by atoms with Crippen LogP contribution in [0.4, 0.5) is 8.78 Å². The second-order valence-corrected chi connectivity index (χ2v) is 16.9. The van der Waals surface area contributed by atoms with Crippen molar-refractivity contribution in [1.29, 1.82) is 0 Å². The van der Waals surface area contributed by atoms with Crippen LogP contribution in [-0.4, -0.2) is 91.2 Å². The van der Waals surface area contributed by atoms with Gasteiger partial charge in [-0.15, -0.1) is 0 Å². The molecule has 3 aromatic carbocycles. The number of carbonyl (C=O) groups excluding carboxylic acids is 3. The zero-order chi connectivity index (χ0) is 43.5. The normalized spacial score (nSPS) is 17.7. The van der Waals surface area contributed by atoms with Crippen molar-refractivity contribution in [2.24, 2.45) is 0 Å². The second-order valence-electron chi connectivity index (χ2n) is 16.9. The number of ether oxygens (including phenoxy) is 1. The Bertz CT molecular complexity index is 2720. The molecule has 0 aliphatic carbocycles. The van der Waals surface area contributed by atoms with Gasteiger partial charge in [-0.05, 0) is 85.4 Å². The summed E-state index contributed by atoms with van der Waals surface area (Å²) in [4.78, 5) is 63.7. The molecular formula is C48H50F2N8O5. The standard InChI is InChI=1S/C48H50F2N8O5/c49-39-25-33(26-40(50)38(39)30-55-20-22-63-23-21-55)36-7-5-8-41-46(36)53-42(28-51-41)34-27-52-58(29-34)35-15-17-56(18-16-35)45(60)9-4-2-1-3-6-31-10-11-37-32(24-31)14-19-57(48(37)62)43-12-13-44(59)54-47(43)61/h5,7-8,10-11,14,19,24-29,35,43H,1-4,6,9,12-13,15-18,20-23,30H2,(H,54,59,61). The molecular weight excluding hydrogens is 807 g/mol. The van der Waals surface area contributed by atoms with Crippen LogP contribution in [0.5, 0.6) is 0 Å². The van der Waals surface area contributed by atoms with Gasteiger partial charge in [0.2, 0.25) is 17.7 Å². The quantitative estimate of drug-likeness (QED) is 0.0967.